The smallest absolute Gasteiger partial charge is 0.256 e. The van der Waals surface area contributed by atoms with Gasteiger partial charge in [0.25, 0.3) is 5.91 Å². The summed E-state index contributed by atoms with van der Waals surface area (Å²) < 4.78 is 28.3. The normalized spacial score (nSPS) is 19.3. The van der Waals surface area contributed by atoms with Gasteiger partial charge in [0, 0.05) is 29.9 Å². The predicted molar refractivity (Wildman–Crippen MR) is 148 cm³/mol. The van der Waals surface area contributed by atoms with Crippen LogP contribution >= 0.6 is 0 Å². The molecule has 196 valence electrons. The number of nitrogens with zero attached hydrogens (tertiary/aromatic N) is 2. The van der Waals surface area contributed by atoms with Crippen LogP contribution < -0.4 is 5.32 Å². The molecule has 1 aromatic heterocycles. The molecule has 2 aliphatic rings. The molecule has 1 fully saturated rings. The first-order valence-corrected chi connectivity index (χ1v) is 14.9. The van der Waals surface area contributed by atoms with Crippen LogP contribution in [0.3, 0.4) is 0 Å². The Labute approximate surface area is 220 Å². The number of benzene rings is 2. The number of carbonyl (C=O) groups is 1. The van der Waals surface area contributed by atoms with E-state index in [1.54, 1.807) is 28.6 Å². The van der Waals surface area contributed by atoms with Crippen LogP contribution in [-0.2, 0) is 22.9 Å². The van der Waals surface area contributed by atoms with E-state index in [0.717, 1.165) is 67.1 Å². The standard InChI is InChI=1S/C30H37N3O3S/c1-30(2,3)21-15-16-27-25(19-21)28(24-13-6-7-14-26(24)32-27)29(34)31-22-11-10-12-23(20-22)37(35,36)33-17-8-4-5-9-18-33/h6-7,10-14,20-21H,4-5,8-9,15-19H2,1-3H3,(H,31,34)/t21-/m0/s1. The summed E-state index contributed by atoms with van der Waals surface area (Å²) in [5.74, 6) is 0.241. The summed E-state index contributed by atoms with van der Waals surface area (Å²) in [6, 6.07) is 14.5. The number of hydrogen-bond acceptors (Lipinski definition) is 4. The Kier molecular flexibility index (Phi) is 7.12. The summed E-state index contributed by atoms with van der Waals surface area (Å²) in [7, 11) is -3.61. The summed E-state index contributed by atoms with van der Waals surface area (Å²) in [5, 5.41) is 3.87. The number of aryl methyl sites for hydroxylation is 1. The molecular formula is C30H37N3O3S. The molecule has 2 aromatic carbocycles. The van der Waals surface area contributed by atoms with Crippen LogP contribution in [-0.4, -0.2) is 36.7 Å². The van der Waals surface area contributed by atoms with Crippen LogP contribution in [0, 0.1) is 11.3 Å². The molecular weight excluding hydrogens is 482 g/mol. The molecule has 1 atom stereocenters. The van der Waals surface area contributed by atoms with Gasteiger partial charge in [0.05, 0.1) is 16.0 Å². The number of sulfonamides is 1. The number of nitrogens with one attached hydrogen (secondary N) is 1. The van der Waals surface area contributed by atoms with Crippen LogP contribution in [0.5, 0.6) is 0 Å². The van der Waals surface area contributed by atoms with E-state index in [1.807, 2.05) is 24.3 Å². The van der Waals surface area contributed by atoms with Crippen molar-refractivity contribution < 1.29 is 13.2 Å². The molecule has 1 amide bonds. The number of hydrogen-bond donors (Lipinski definition) is 1. The SMILES string of the molecule is CC(C)(C)[C@H]1CCc2nc3ccccc3c(C(=O)Nc3cccc(S(=O)(=O)N4CCCCCC4)c3)c2C1. The van der Waals surface area contributed by atoms with Gasteiger partial charge in [-0.2, -0.15) is 4.31 Å². The molecule has 1 N–H and O–H groups in total. The lowest BCUT2D eigenvalue weighted by Gasteiger charge is -2.35. The number of amides is 1. The topological polar surface area (TPSA) is 79.4 Å². The zero-order valence-electron chi connectivity index (χ0n) is 22.1. The first-order chi connectivity index (χ1) is 17.6. The van der Waals surface area contributed by atoms with Crippen LogP contribution in [0.1, 0.15) is 74.5 Å². The number of carbonyl (C=O) groups excluding carboxylic acids is 1. The van der Waals surface area contributed by atoms with Crippen molar-refractivity contribution in [1.82, 2.24) is 9.29 Å². The number of anilines is 1. The average Bonchev–Trinajstić information content (AvgIpc) is 3.17. The highest BCUT2D eigenvalue weighted by molar-refractivity contribution is 7.89. The largest absolute Gasteiger partial charge is 0.322 e. The Morgan fingerprint density at radius 2 is 1.73 bits per heavy atom. The predicted octanol–water partition coefficient (Wildman–Crippen LogP) is 6.20. The van der Waals surface area contributed by atoms with E-state index in [-0.39, 0.29) is 16.2 Å². The molecule has 1 aliphatic carbocycles. The maximum Gasteiger partial charge on any atom is 0.256 e. The van der Waals surface area contributed by atoms with Gasteiger partial charge in [-0.1, -0.05) is 57.9 Å². The summed E-state index contributed by atoms with van der Waals surface area (Å²) >= 11 is 0. The molecule has 0 unspecified atom stereocenters. The quantitative estimate of drug-likeness (QED) is 0.445. The zero-order valence-corrected chi connectivity index (χ0v) is 22.9. The van der Waals surface area contributed by atoms with Crippen molar-refractivity contribution in [2.24, 2.45) is 11.3 Å². The van der Waals surface area contributed by atoms with Crippen molar-refractivity contribution >= 4 is 32.5 Å². The van der Waals surface area contributed by atoms with Crippen molar-refractivity contribution in [2.45, 2.75) is 70.6 Å². The van der Waals surface area contributed by atoms with E-state index in [4.69, 9.17) is 4.98 Å². The van der Waals surface area contributed by atoms with Gasteiger partial charge < -0.3 is 5.32 Å². The highest BCUT2D eigenvalue weighted by atomic mass is 32.2. The van der Waals surface area contributed by atoms with Crippen molar-refractivity contribution in [3.63, 3.8) is 0 Å². The van der Waals surface area contributed by atoms with Crippen LogP contribution in [0.15, 0.2) is 53.4 Å². The van der Waals surface area contributed by atoms with Crippen molar-refractivity contribution in [3.05, 3.63) is 65.4 Å². The van der Waals surface area contributed by atoms with Gasteiger partial charge in [-0.25, -0.2) is 8.42 Å². The average molecular weight is 520 g/mol. The number of rotatable bonds is 4. The number of pyridine rings is 1. The highest BCUT2D eigenvalue weighted by Gasteiger charge is 2.33. The molecule has 2 heterocycles. The molecule has 5 rings (SSSR count). The van der Waals surface area contributed by atoms with Gasteiger partial charge in [-0.05, 0) is 73.3 Å². The third-order valence-corrected chi connectivity index (χ3v) is 9.90. The summed E-state index contributed by atoms with van der Waals surface area (Å²) in [6.07, 6.45) is 6.59. The Hall–Kier alpha value is -2.77. The molecule has 0 bridgehead atoms. The fraction of sp³-hybridized carbons (Fsp3) is 0.467. The minimum absolute atomic E-state index is 0.132. The number of aromatic nitrogens is 1. The molecule has 1 saturated heterocycles. The maximum atomic E-state index is 13.9. The minimum Gasteiger partial charge on any atom is -0.322 e. The molecule has 0 spiro atoms. The van der Waals surface area contributed by atoms with E-state index in [2.05, 4.69) is 26.1 Å². The fourth-order valence-electron chi connectivity index (χ4n) is 5.75. The lowest BCUT2D eigenvalue weighted by atomic mass is 9.70. The Morgan fingerprint density at radius 1 is 1.00 bits per heavy atom. The van der Waals surface area contributed by atoms with E-state index in [9.17, 15) is 13.2 Å². The lowest BCUT2D eigenvalue weighted by Crippen LogP contribution is -2.32. The van der Waals surface area contributed by atoms with Crippen LogP contribution in [0.25, 0.3) is 10.9 Å². The van der Waals surface area contributed by atoms with Crippen molar-refractivity contribution in [3.8, 4) is 0 Å². The lowest BCUT2D eigenvalue weighted by molar-refractivity contribution is 0.102. The number of fused-ring (bicyclic) bond motifs is 2. The van der Waals surface area contributed by atoms with Crippen LogP contribution in [0.2, 0.25) is 0 Å². The second-order valence-electron chi connectivity index (χ2n) is 11.5. The summed E-state index contributed by atoms with van der Waals surface area (Å²) in [4.78, 5) is 19.0. The first-order valence-electron chi connectivity index (χ1n) is 13.5. The van der Waals surface area contributed by atoms with Crippen molar-refractivity contribution in [1.29, 1.82) is 0 Å². The van der Waals surface area contributed by atoms with E-state index < -0.39 is 10.0 Å². The Bertz CT molecular complexity index is 1420. The second-order valence-corrected chi connectivity index (χ2v) is 13.5. The van der Waals surface area contributed by atoms with Crippen molar-refractivity contribution in [2.75, 3.05) is 18.4 Å². The molecule has 3 aromatic rings. The van der Waals surface area contributed by atoms with E-state index in [0.29, 0.717) is 30.3 Å². The zero-order chi connectivity index (χ0) is 26.2. The van der Waals surface area contributed by atoms with Gasteiger partial charge >= 0.3 is 0 Å². The van der Waals surface area contributed by atoms with E-state index >= 15 is 0 Å². The fourth-order valence-corrected chi connectivity index (χ4v) is 7.31. The number of para-hydroxylation sites is 1. The Balaban J connectivity index is 1.50. The van der Waals surface area contributed by atoms with Gasteiger partial charge in [0.15, 0.2) is 0 Å². The molecule has 37 heavy (non-hydrogen) atoms. The third-order valence-electron chi connectivity index (χ3n) is 8.01. The third kappa shape index (κ3) is 5.30. The first kappa shape index (κ1) is 25.9. The van der Waals surface area contributed by atoms with E-state index in [1.165, 1.54) is 0 Å². The van der Waals surface area contributed by atoms with Gasteiger partial charge in [-0.15, -0.1) is 0 Å². The minimum atomic E-state index is -3.61. The Morgan fingerprint density at radius 3 is 2.46 bits per heavy atom. The molecule has 6 nitrogen and oxygen atoms in total. The van der Waals surface area contributed by atoms with Crippen LogP contribution in [0.4, 0.5) is 5.69 Å². The maximum absolute atomic E-state index is 13.9. The second kappa shape index (κ2) is 10.2. The monoisotopic (exact) mass is 519 g/mol. The van der Waals surface area contributed by atoms with Gasteiger partial charge in [-0.3, -0.25) is 9.78 Å². The molecule has 0 radical (unpaired) electrons. The molecule has 7 heteroatoms. The molecule has 0 saturated carbocycles. The summed E-state index contributed by atoms with van der Waals surface area (Å²) in [5.41, 5.74) is 4.12. The molecule has 1 aliphatic heterocycles. The highest BCUT2D eigenvalue weighted by Crippen LogP contribution is 2.39. The van der Waals surface area contributed by atoms with Gasteiger partial charge in [0.2, 0.25) is 10.0 Å². The van der Waals surface area contributed by atoms with Gasteiger partial charge in [0.1, 0.15) is 0 Å². The summed E-state index contributed by atoms with van der Waals surface area (Å²) in [6.45, 7) is 7.86.